The molecule has 0 fully saturated rings. The Balaban J connectivity index is 2.04. The normalized spacial score (nSPS) is 9.83. The van der Waals surface area contributed by atoms with Crippen molar-refractivity contribution in [3.8, 4) is 0 Å². The first-order valence-corrected chi connectivity index (χ1v) is 5.32. The number of nitrogens with zero attached hydrogens (tertiary/aromatic N) is 3. The summed E-state index contributed by atoms with van der Waals surface area (Å²) in [6, 6.07) is 5.03. The molecule has 0 unspecified atom stereocenters. The highest BCUT2D eigenvalue weighted by atomic mass is 16.5. The maximum absolute atomic E-state index is 11.3. The van der Waals surface area contributed by atoms with Crippen molar-refractivity contribution in [2.45, 2.75) is 6.54 Å². The molecule has 2 aromatic rings. The second-order valence-corrected chi connectivity index (χ2v) is 3.48. The van der Waals surface area contributed by atoms with Gasteiger partial charge in [0.25, 0.3) is 0 Å². The van der Waals surface area contributed by atoms with Crippen molar-refractivity contribution < 1.29 is 9.53 Å². The highest BCUT2D eigenvalue weighted by Gasteiger charge is 2.06. The molecule has 0 aliphatic heterocycles. The number of anilines is 1. The molecule has 92 valence electrons. The molecule has 0 amide bonds. The molecule has 1 N–H and O–H groups in total. The number of esters is 1. The summed E-state index contributed by atoms with van der Waals surface area (Å²) >= 11 is 0. The summed E-state index contributed by atoms with van der Waals surface area (Å²) in [5, 5.41) is 3.07. The topological polar surface area (TPSA) is 77.0 Å². The van der Waals surface area contributed by atoms with Crippen molar-refractivity contribution in [1.29, 1.82) is 0 Å². The van der Waals surface area contributed by atoms with Gasteiger partial charge in [0.2, 0.25) is 0 Å². The van der Waals surface area contributed by atoms with E-state index in [9.17, 15) is 4.79 Å². The number of nitrogens with one attached hydrogen (secondary N) is 1. The standard InChI is InChI=1S/C12H12N4O2/c1-18-12(17)9-2-5-14-11(6-9)15-7-10-3-4-13-8-16-10/h2-6,8H,7H2,1H3,(H,14,15). The molecule has 0 aromatic carbocycles. The fraction of sp³-hybridized carbons (Fsp3) is 0.167. The van der Waals surface area contributed by atoms with E-state index >= 15 is 0 Å². The smallest absolute Gasteiger partial charge is 0.338 e. The van der Waals surface area contributed by atoms with E-state index in [1.807, 2.05) is 0 Å². The van der Waals surface area contributed by atoms with Gasteiger partial charge in [0.05, 0.1) is 24.9 Å². The summed E-state index contributed by atoms with van der Waals surface area (Å²) in [4.78, 5) is 23.4. The number of carbonyl (C=O) groups is 1. The Labute approximate surface area is 104 Å². The Hall–Kier alpha value is -2.50. The molecule has 6 heteroatoms. The number of ether oxygens (including phenoxy) is 1. The zero-order chi connectivity index (χ0) is 12.8. The minimum Gasteiger partial charge on any atom is -0.465 e. The molecule has 2 heterocycles. The largest absolute Gasteiger partial charge is 0.465 e. The van der Waals surface area contributed by atoms with Gasteiger partial charge < -0.3 is 10.1 Å². The zero-order valence-electron chi connectivity index (χ0n) is 9.83. The van der Waals surface area contributed by atoms with Crippen molar-refractivity contribution in [3.63, 3.8) is 0 Å². The third-order valence-corrected chi connectivity index (χ3v) is 2.27. The third kappa shape index (κ3) is 3.00. The van der Waals surface area contributed by atoms with E-state index in [0.29, 0.717) is 17.9 Å². The van der Waals surface area contributed by atoms with Crippen LogP contribution in [0.25, 0.3) is 0 Å². The average Bonchev–Trinajstić information content (AvgIpc) is 2.45. The van der Waals surface area contributed by atoms with Crippen LogP contribution in [0.3, 0.4) is 0 Å². The summed E-state index contributed by atoms with van der Waals surface area (Å²) in [6.45, 7) is 0.514. The van der Waals surface area contributed by atoms with Crippen LogP contribution in [0.1, 0.15) is 16.1 Å². The van der Waals surface area contributed by atoms with Gasteiger partial charge in [-0.05, 0) is 18.2 Å². The van der Waals surface area contributed by atoms with Gasteiger partial charge in [-0.3, -0.25) is 0 Å². The predicted octanol–water partition coefficient (Wildman–Crippen LogP) is 1.27. The Bertz CT molecular complexity index is 531. The summed E-state index contributed by atoms with van der Waals surface area (Å²) in [5.41, 5.74) is 1.30. The Morgan fingerprint density at radius 2 is 2.22 bits per heavy atom. The van der Waals surface area contributed by atoms with E-state index in [2.05, 4.69) is 25.0 Å². The van der Waals surface area contributed by atoms with Gasteiger partial charge in [-0.2, -0.15) is 0 Å². The molecule has 0 saturated heterocycles. The highest BCUT2D eigenvalue weighted by molar-refractivity contribution is 5.89. The molecule has 0 saturated carbocycles. The second-order valence-electron chi connectivity index (χ2n) is 3.48. The van der Waals surface area contributed by atoms with Crippen LogP contribution in [0.2, 0.25) is 0 Å². The third-order valence-electron chi connectivity index (χ3n) is 2.27. The van der Waals surface area contributed by atoms with Gasteiger partial charge in [0, 0.05) is 12.4 Å². The molecular formula is C12H12N4O2. The van der Waals surface area contributed by atoms with E-state index in [-0.39, 0.29) is 5.97 Å². The summed E-state index contributed by atoms with van der Waals surface area (Å²) in [7, 11) is 1.34. The molecule has 0 aliphatic carbocycles. The lowest BCUT2D eigenvalue weighted by Crippen LogP contribution is -2.06. The first kappa shape index (κ1) is 12.0. The quantitative estimate of drug-likeness (QED) is 0.816. The van der Waals surface area contributed by atoms with Gasteiger partial charge in [-0.1, -0.05) is 0 Å². The first-order chi connectivity index (χ1) is 8.79. The van der Waals surface area contributed by atoms with E-state index in [1.165, 1.54) is 13.4 Å². The van der Waals surface area contributed by atoms with Gasteiger partial charge in [-0.15, -0.1) is 0 Å². The number of methoxy groups -OCH3 is 1. The number of carbonyl (C=O) groups excluding carboxylic acids is 1. The number of rotatable bonds is 4. The van der Waals surface area contributed by atoms with E-state index in [4.69, 9.17) is 0 Å². The molecule has 2 rings (SSSR count). The zero-order valence-corrected chi connectivity index (χ0v) is 9.83. The first-order valence-electron chi connectivity index (χ1n) is 5.32. The van der Waals surface area contributed by atoms with Crippen LogP contribution in [0.4, 0.5) is 5.82 Å². The Kier molecular flexibility index (Phi) is 3.80. The fourth-order valence-electron chi connectivity index (χ4n) is 1.38. The second kappa shape index (κ2) is 5.72. The highest BCUT2D eigenvalue weighted by Crippen LogP contribution is 2.08. The number of hydrogen-bond acceptors (Lipinski definition) is 6. The van der Waals surface area contributed by atoms with Crippen molar-refractivity contribution >= 4 is 11.8 Å². The fourth-order valence-corrected chi connectivity index (χ4v) is 1.38. The van der Waals surface area contributed by atoms with Crippen LogP contribution in [0, 0.1) is 0 Å². The van der Waals surface area contributed by atoms with Gasteiger partial charge in [-0.25, -0.2) is 19.7 Å². The Morgan fingerprint density at radius 3 is 2.94 bits per heavy atom. The number of pyridine rings is 1. The van der Waals surface area contributed by atoms with Crippen LogP contribution in [-0.2, 0) is 11.3 Å². The molecule has 6 nitrogen and oxygen atoms in total. The Morgan fingerprint density at radius 1 is 1.33 bits per heavy atom. The minimum atomic E-state index is -0.387. The van der Waals surface area contributed by atoms with Crippen LogP contribution < -0.4 is 5.32 Å². The molecule has 0 aliphatic rings. The van der Waals surface area contributed by atoms with Crippen molar-refractivity contribution in [3.05, 3.63) is 48.2 Å². The van der Waals surface area contributed by atoms with Crippen LogP contribution in [-0.4, -0.2) is 28.0 Å². The lowest BCUT2D eigenvalue weighted by atomic mass is 10.2. The van der Waals surface area contributed by atoms with Gasteiger partial charge in [0.15, 0.2) is 0 Å². The number of aromatic nitrogens is 3. The van der Waals surface area contributed by atoms with Crippen LogP contribution in [0.15, 0.2) is 36.9 Å². The summed E-state index contributed by atoms with van der Waals surface area (Å²) < 4.78 is 4.64. The van der Waals surface area contributed by atoms with Crippen LogP contribution >= 0.6 is 0 Å². The SMILES string of the molecule is COC(=O)c1ccnc(NCc2ccncn2)c1. The van der Waals surface area contributed by atoms with E-state index in [0.717, 1.165) is 5.69 Å². The van der Waals surface area contributed by atoms with E-state index < -0.39 is 0 Å². The van der Waals surface area contributed by atoms with E-state index in [1.54, 1.807) is 30.6 Å². The lowest BCUT2D eigenvalue weighted by Gasteiger charge is -2.06. The molecule has 2 aromatic heterocycles. The maximum Gasteiger partial charge on any atom is 0.338 e. The average molecular weight is 244 g/mol. The lowest BCUT2D eigenvalue weighted by molar-refractivity contribution is 0.0600. The predicted molar refractivity (Wildman–Crippen MR) is 64.9 cm³/mol. The monoisotopic (exact) mass is 244 g/mol. The van der Waals surface area contributed by atoms with Gasteiger partial charge >= 0.3 is 5.97 Å². The molecule has 0 atom stereocenters. The molecule has 0 radical (unpaired) electrons. The van der Waals surface area contributed by atoms with Crippen molar-refractivity contribution in [2.24, 2.45) is 0 Å². The van der Waals surface area contributed by atoms with Gasteiger partial charge in [0.1, 0.15) is 12.1 Å². The summed E-state index contributed by atoms with van der Waals surface area (Å²) in [6.07, 6.45) is 4.70. The summed E-state index contributed by atoms with van der Waals surface area (Å²) in [5.74, 6) is 0.207. The molecule has 0 spiro atoms. The molecule has 0 bridgehead atoms. The van der Waals surface area contributed by atoms with Crippen LogP contribution in [0.5, 0.6) is 0 Å². The minimum absolute atomic E-state index is 0.387. The molecular weight excluding hydrogens is 232 g/mol. The van der Waals surface area contributed by atoms with Crippen molar-refractivity contribution in [2.75, 3.05) is 12.4 Å². The van der Waals surface area contributed by atoms with Crippen molar-refractivity contribution in [1.82, 2.24) is 15.0 Å². The molecule has 18 heavy (non-hydrogen) atoms. The number of hydrogen-bond donors (Lipinski definition) is 1. The maximum atomic E-state index is 11.3.